The maximum absolute atomic E-state index is 12.9. The van der Waals surface area contributed by atoms with E-state index >= 15 is 0 Å². The number of amides is 1. The second kappa shape index (κ2) is 5.65. The Balaban J connectivity index is 1.99. The first kappa shape index (κ1) is 16.0. The number of rotatable bonds is 3. The van der Waals surface area contributed by atoms with Gasteiger partial charge in [-0.05, 0) is 42.5 Å². The normalized spacial score (nSPS) is 23.2. The minimum Gasteiger partial charge on any atom is -0.364 e. The lowest BCUT2D eigenvalue weighted by molar-refractivity contribution is 0.0996. The number of hydrogen-bond acceptors (Lipinski definition) is 3. The van der Waals surface area contributed by atoms with E-state index in [4.69, 9.17) is 5.73 Å². The van der Waals surface area contributed by atoms with Gasteiger partial charge in [0.25, 0.3) is 5.91 Å². The number of benzene rings is 1. The number of fused-ring (bicyclic) bond motifs is 1. The highest BCUT2D eigenvalue weighted by Crippen LogP contribution is 2.28. The van der Waals surface area contributed by atoms with Gasteiger partial charge in [0, 0.05) is 24.0 Å². The predicted octanol–water partition coefficient (Wildman–Crippen LogP) is 1.93. The standard InChI is InChI=1S/C16H21N3O3S/c1-10-5-11(2)9-19(8-10)23(21,22)13-3-4-14-12(6-13)7-15(18-14)16(17)20/h3-4,6-7,10-11,18H,5,8-9H2,1-2H3,(H2,17,20). The van der Waals surface area contributed by atoms with Crippen molar-refractivity contribution in [3.63, 3.8) is 0 Å². The van der Waals surface area contributed by atoms with Gasteiger partial charge in [-0.2, -0.15) is 4.31 Å². The maximum atomic E-state index is 12.9. The van der Waals surface area contributed by atoms with Crippen LogP contribution in [0.4, 0.5) is 0 Å². The molecular formula is C16H21N3O3S. The number of carbonyl (C=O) groups is 1. The summed E-state index contributed by atoms with van der Waals surface area (Å²) in [7, 11) is -3.53. The second-order valence-electron chi connectivity index (χ2n) is 6.56. The molecule has 7 heteroatoms. The first-order chi connectivity index (χ1) is 10.8. The number of hydrogen-bond donors (Lipinski definition) is 2. The summed E-state index contributed by atoms with van der Waals surface area (Å²) in [5, 5.41) is 0.665. The fraction of sp³-hybridized carbons (Fsp3) is 0.438. The Hall–Kier alpha value is -1.86. The lowest BCUT2D eigenvalue weighted by atomic mass is 9.94. The number of nitrogens with two attached hydrogens (primary N) is 1. The van der Waals surface area contributed by atoms with E-state index in [-0.39, 0.29) is 10.6 Å². The van der Waals surface area contributed by atoms with Crippen LogP contribution in [-0.4, -0.2) is 36.7 Å². The summed E-state index contributed by atoms with van der Waals surface area (Å²) in [6, 6.07) is 6.42. The summed E-state index contributed by atoms with van der Waals surface area (Å²) in [6.45, 7) is 5.24. The number of H-pyrrole nitrogens is 1. The Morgan fingerprint density at radius 3 is 2.48 bits per heavy atom. The molecule has 0 radical (unpaired) electrons. The lowest BCUT2D eigenvalue weighted by Gasteiger charge is -2.34. The molecule has 1 aliphatic rings. The summed E-state index contributed by atoms with van der Waals surface area (Å²) in [6.07, 6.45) is 1.05. The predicted molar refractivity (Wildman–Crippen MR) is 88.5 cm³/mol. The number of primary amides is 1. The monoisotopic (exact) mass is 335 g/mol. The summed E-state index contributed by atoms with van der Waals surface area (Å²) in [4.78, 5) is 14.4. The highest BCUT2D eigenvalue weighted by molar-refractivity contribution is 7.89. The Labute approximate surface area is 135 Å². The third-order valence-electron chi connectivity index (χ3n) is 4.33. The average Bonchev–Trinajstić information content (AvgIpc) is 2.89. The van der Waals surface area contributed by atoms with Gasteiger partial charge >= 0.3 is 0 Å². The molecule has 0 aliphatic carbocycles. The topological polar surface area (TPSA) is 96.3 Å². The lowest BCUT2D eigenvalue weighted by Crippen LogP contribution is -2.42. The third kappa shape index (κ3) is 2.98. The summed E-state index contributed by atoms with van der Waals surface area (Å²) < 4.78 is 27.3. The van der Waals surface area contributed by atoms with Crippen LogP contribution in [-0.2, 0) is 10.0 Å². The van der Waals surface area contributed by atoms with Gasteiger partial charge in [0.15, 0.2) is 0 Å². The Morgan fingerprint density at radius 1 is 1.22 bits per heavy atom. The van der Waals surface area contributed by atoms with E-state index in [2.05, 4.69) is 18.8 Å². The van der Waals surface area contributed by atoms with Crippen LogP contribution in [0.15, 0.2) is 29.2 Å². The van der Waals surface area contributed by atoms with Gasteiger partial charge in [-0.1, -0.05) is 13.8 Å². The molecule has 0 saturated carbocycles. The largest absolute Gasteiger partial charge is 0.364 e. The van der Waals surface area contributed by atoms with E-state index in [1.165, 1.54) is 0 Å². The van der Waals surface area contributed by atoms with Gasteiger partial charge in [-0.25, -0.2) is 8.42 Å². The van der Waals surface area contributed by atoms with Crippen LogP contribution >= 0.6 is 0 Å². The summed E-state index contributed by atoms with van der Waals surface area (Å²) in [5.74, 6) is 0.140. The van der Waals surface area contributed by atoms with Gasteiger partial charge in [0.05, 0.1) is 4.90 Å². The Kier molecular flexibility index (Phi) is 3.93. The number of piperidine rings is 1. The van der Waals surface area contributed by atoms with Crippen LogP contribution in [0, 0.1) is 11.8 Å². The van der Waals surface area contributed by atoms with Crippen molar-refractivity contribution in [3.05, 3.63) is 30.0 Å². The van der Waals surface area contributed by atoms with Gasteiger partial charge < -0.3 is 10.7 Å². The van der Waals surface area contributed by atoms with Crippen molar-refractivity contribution in [3.8, 4) is 0 Å². The molecule has 0 bridgehead atoms. The molecule has 1 aromatic carbocycles. The molecule has 3 rings (SSSR count). The van der Waals surface area contributed by atoms with Gasteiger partial charge in [-0.15, -0.1) is 0 Å². The smallest absolute Gasteiger partial charge is 0.265 e. The van der Waals surface area contributed by atoms with E-state index < -0.39 is 15.9 Å². The molecule has 6 nitrogen and oxygen atoms in total. The highest BCUT2D eigenvalue weighted by Gasteiger charge is 2.31. The molecule has 1 aromatic heterocycles. The molecule has 1 fully saturated rings. The van der Waals surface area contributed by atoms with Crippen LogP contribution in [0.1, 0.15) is 30.8 Å². The number of sulfonamides is 1. The molecule has 1 amide bonds. The zero-order valence-corrected chi connectivity index (χ0v) is 14.1. The molecule has 2 aromatic rings. The molecule has 2 unspecified atom stereocenters. The van der Waals surface area contributed by atoms with Crippen molar-refractivity contribution in [2.24, 2.45) is 17.6 Å². The van der Waals surface area contributed by atoms with Crippen molar-refractivity contribution in [2.45, 2.75) is 25.2 Å². The minimum absolute atomic E-state index is 0.251. The Morgan fingerprint density at radius 2 is 1.87 bits per heavy atom. The molecule has 2 atom stereocenters. The molecule has 0 spiro atoms. The fourth-order valence-corrected chi connectivity index (χ4v) is 5.07. The molecule has 1 aliphatic heterocycles. The van der Waals surface area contributed by atoms with Gasteiger partial charge in [0.1, 0.15) is 5.69 Å². The van der Waals surface area contributed by atoms with Crippen LogP contribution in [0.25, 0.3) is 10.9 Å². The molecule has 1 saturated heterocycles. The van der Waals surface area contributed by atoms with E-state index in [1.807, 2.05) is 0 Å². The van der Waals surface area contributed by atoms with Crippen molar-refractivity contribution in [1.82, 2.24) is 9.29 Å². The second-order valence-corrected chi connectivity index (χ2v) is 8.50. The number of nitrogens with zero attached hydrogens (tertiary/aromatic N) is 1. The van der Waals surface area contributed by atoms with Crippen LogP contribution < -0.4 is 5.73 Å². The quantitative estimate of drug-likeness (QED) is 0.897. The van der Waals surface area contributed by atoms with Gasteiger partial charge in [0.2, 0.25) is 10.0 Å². The molecule has 3 N–H and O–H groups in total. The van der Waals surface area contributed by atoms with E-state index in [9.17, 15) is 13.2 Å². The fourth-order valence-electron chi connectivity index (χ4n) is 3.35. The third-order valence-corrected chi connectivity index (χ3v) is 6.16. The Bertz CT molecular complexity index is 847. The summed E-state index contributed by atoms with van der Waals surface area (Å²) >= 11 is 0. The minimum atomic E-state index is -3.53. The van der Waals surface area contributed by atoms with E-state index in [1.54, 1.807) is 28.6 Å². The van der Waals surface area contributed by atoms with Crippen molar-refractivity contribution < 1.29 is 13.2 Å². The number of nitrogens with one attached hydrogen (secondary N) is 1. The zero-order valence-electron chi connectivity index (χ0n) is 13.2. The average molecular weight is 335 g/mol. The van der Waals surface area contributed by atoms with Crippen LogP contribution in [0.3, 0.4) is 0 Å². The van der Waals surface area contributed by atoms with E-state index in [0.717, 1.165) is 6.42 Å². The van der Waals surface area contributed by atoms with Crippen LogP contribution in [0.5, 0.6) is 0 Å². The van der Waals surface area contributed by atoms with Crippen molar-refractivity contribution in [1.29, 1.82) is 0 Å². The maximum Gasteiger partial charge on any atom is 0.265 e. The zero-order chi connectivity index (χ0) is 16.8. The van der Waals surface area contributed by atoms with Gasteiger partial charge in [-0.3, -0.25) is 4.79 Å². The molecule has 23 heavy (non-hydrogen) atoms. The molecule has 124 valence electrons. The van der Waals surface area contributed by atoms with Crippen molar-refractivity contribution in [2.75, 3.05) is 13.1 Å². The SMILES string of the molecule is CC1CC(C)CN(S(=O)(=O)c2ccc3[nH]c(C(N)=O)cc3c2)C1. The summed E-state index contributed by atoms with van der Waals surface area (Å²) in [5.41, 5.74) is 6.22. The van der Waals surface area contributed by atoms with E-state index in [0.29, 0.717) is 35.8 Å². The molecule has 2 heterocycles. The first-order valence-electron chi connectivity index (χ1n) is 7.70. The number of aromatic nitrogens is 1. The number of carbonyl (C=O) groups excluding carboxylic acids is 1. The highest BCUT2D eigenvalue weighted by atomic mass is 32.2. The van der Waals surface area contributed by atoms with Crippen molar-refractivity contribution >= 4 is 26.8 Å². The number of aromatic amines is 1. The molecular weight excluding hydrogens is 314 g/mol. The van der Waals surface area contributed by atoms with Crippen LogP contribution in [0.2, 0.25) is 0 Å². The first-order valence-corrected chi connectivity index (χ1v) is 9.14.